The van der Waals surface area contributed by atoms with Gasteiger partial charge in [-0.1, -0.05) is 0 Å². The van der Waals surface area contributed by atoms with Gasteiger partial charge in [-0.15, -0.1) is 0 Å². The van der Waals surface area contributed by atoms with Gasteiger partial charge < -0.3 is 9.64 Å². The van der Waals surface area contributed by atoms with Gasteiger partial charge in [-0.25, -0.2) is 39.0 Å². The van der Waals surface area contributed by atoms with Crippen molar-refractivity contribution in [3.05, 3.63) is 23.3 Å². The fraction of sp³-hybridized carbons (Fsp3) is 0.611. The van der Waals surface area contributed by atoms with Gasteiger partial charge in [0.05, 0.1) is 24.2 Å². The Balaban J connectivity index is 3.21. The maximum absolute atomic E-state index is 13.6. The van der Waals surface area contributed by atoms with Crippen LogP contribution in [0.3, 0.4) is 0 Å². The van der Waals surface area contributed by atoms with Crippen molar-refractivity contribution < 1.29 is 38.8 Å². The van der Waals surface area contributed by atoms with Crippen LogP contribution in [0.2, 0.25) is 6.04 Å². The van der Waals surface area contributed by atoms with Crippen LogP contribution in [-0.4, -0.2) is 81.0 Å². The third-order valence-corrected chi connectivity index (χ3v) is 37.7. The number of hydrogen-bond acceptors (Lipinski definition) is 8. The molecule has 1 rings (SSSR count). The summed E-state index contributed by atoms with van der Waals surface area (Å²) in [4.78, 5) is 5.95. The Labute approximate surface area is 194 Å². The monoisotopic (exact) mass is 548 g/mol. The SMILES string of the molecule is CCN(C)/C=N\c1cc(C(F)F)c(OCCC[Si](S(C)(=O)=O)(S(C)(=O)=O)S(C)(=O)=O)cc1C. The molecule has 0 spiro atoms. The Morgan fingerprint density at radius 3 is 2.00 bits per heavy atom. The third-order valence-electron chi connectivity index (χ3n) is 5.04. The lowest BCUT2D eigenvalue weighted by Gasteiger charge is -2.24. The predicted molar refractivity (Wildman–Crippen MR) is 128 cm³/mol. The normalized spacial score (nSPS) is 13.6. The van der Waals surface area contributed by atoms with Gasteiger partial charge in [-0.2, -0.15) is 0 Å². The number of benzene rings is 1. The summed E-state index contributed by atoms with van der Waals surface area (Å²) < 4.78 is 106. The maximum atomic E-state index is 13.6. The molecule has 0 bridgehead atoms. The van der Waals surface area contributed by atoms with Crippen LogP contribution < -0.4 is 4.74 Å². The highest BCUT2D eigenvalue weighted by molar-refractivity contribution is 8.73. The van der Waals surface area contributed by atoms with Crippen LogP contribution >= 0.6 is 0 Å². The van der Waals surface area contributed by atoms with E-state index in [0.717, 1.165) is 0 Å². The summed E-state index contributed by atoms with van der Waals surface area (Å²) >= 11 is 0. The molecule has 0 aromatic heterocycles. The molecular formula is C18H30F2N2O7S3Si. The van der Waals surface area contributed by atoms with E-state index in [4.69, 9.17) is 4.74 Å². The van der Waals surface area contributed by atoms with Crippen LogP contribution in [0.5, 0.6) is 5.75 Å². The smallest absolute Gasteiger partial charge is 0.452 e. The van der Waals surface area contributed by atoms with E-state index in [0.29, 0.717) is 36.6 Å². The first-order valence-corrected chi connectivity index (χ1v) is 19.8. The molecule has 0 amide bonds. The van der Waals surface area contributed by atoms with Crippen molar-refractivity contribution >= 4 is 45.4 Å². The van der Waals surface area contributed by atoms with Gasteiger partial charge in [0.1, 0.15) is 5.75 Å². The Kier molecular flexibility index (Phi) is 9.62. The lowest BCUT2D eigenvalue weighted by molar-refractivity contribution is 0.145. The second-order valence-corrected chi connectivity index (χ2v) is 29.5. The number of aliphatic imine (C=N–C) groups is 1. The molecule has 0 saturated carbocycles. The zero-order chi connectivity index (χ0) is 25.8. The van der Waals surface area contributed by atoms with E-state index in [2.05, 4.69) is 4.99 Å². The summed E-state index contributed by atoms with van der Waals surface area (Å²) in [6.45, 7) is 3.87. The van der Waals surface area contributed by atoms with Crippen molar-refractivity contribution in [2.45, 2.75) is 32.7 Å². The van der Waals surface area contributed by atoms with Gasteiger partial charge in [-0.3, -0.25) is 0 Å². The van der Waals surface area contributed by atoms with Gasteiger partial charge in [0.25, 0.3) is 6.43 Å². The van der Waals surface area contributed by atoms with Gasteiger partial charge in [0, 0.05) is 32.4 Å². The number of halogens is 2. The zero-order valence-corrected chi connectivity index (χ0v) is 22.8. The van der Waals surface area contributed by atoms with E-state index < -0.39 is 51.4 Å². The highest BCUT2D eigenvalue weighted by Crippen LogP contribution is 2.36. The number of ether oxygens (including phenoxy) is 1. The zero-order valence-electron chi connectivity index (χ0n) is 19.4. The Morgan fingerprint density at radius 1 is 1.06 bits per heavy atom. The lowest BCUT2D eigenvalue weighted by atomic mass is 10.1. The number of aryl methyl sites for hydroxylation is 1. The van der Waals surface area contributed by atoms with E-state index in [9.17, 15) is 34.0 Å². The van der Waals surface area contributed by atoms with Gasteiger partial charge in [0.2, 0.25) is 0 Å². The van der Waals surface area contributed by atoms with E-state index in [1.165, 1.54) is 18.5 Å². The minimum absolute atomic E-state index is 0.171. The first kappa shape index (κ1) is 29.4. The molecule has 0 unspecified atom stereocenters. The first-order valence-electron chi connectivity index (χ1n) is 9.77. The molecule has 0 aliphatic heterocycles. The quantitative estimate of drug-likeness (QED) is 0.169. The van der Waals surface area contributed by atoms with Gasteiger partial charge in [0.15, 0.2) is 27.9 Å². The van der Waals surface area contributed by atoms with Crippen molar-refractivity contribution in [1.82, 2.24) is 4.90 Å². The average Bonchev–Trinajstić information content (AvgIpc) is 2.63. The summed E-state index contributed by atoms with van der Waals surface area (Å²) in [5, 5.41) is 0. The van der Waals surface area contributed by atoms with Crippen molar-refractivity contribution in [3.8, 4) is 5.75 Å². The van der Waals surface area contributed by atoms with Gasteiger partial charge in [-0.05, 0) is 44.0 Å². The molecule has 15 heteroatoms. The Hall–Kier alpha value is -1.58. The summed E-state index contributed by atoms with van der Waals surface area (Å²) in [7, 11) is -11.6. The van der Waals surface area contributed by atoms with Crippen molar-refractivity contribution in [3.63, 3.8) is 0 Å². The molecule has 0 N–H and O–H groups in total. The van der Waals surface area contributed by atoms with E-state index in [1.54, 1.807) is 18.9 Å². The highest BCUT2D eigenvalue weighted by Gasteiger charge is 2.64. The summed E-state index contributed by atoms with van der Waals surface area (Å²) in [6, 6.07) is 1.87. The summed E-state index contributed by atoms with van der Waals surface area (Å²) in [5.41, 5.74) is -4.54. The molecule has 0 heterocycles. The van der Waals surface area contributed by atoms with E-state index in [-0.39, 0.29) is 18.8 Å². The van der Waals surface area contributed by atoms with Crippen molar-refractivity contribution in [2.75, 3.05) is 39.0 Å². The van der Waals surface area contributed by atoms with Crippen LogP contribution in [0.15, 0.2) is 17.1 Å². The van der Waals surface area contributed by atoms with Crippen molar-refractivity contribution in [1.29, 1.82) is 0 Å². The number of hydrogen-bond donors (Lipinski definition) is 0. The molecule has 0 saturated heterocycles. The fourth-order valence-electron chi connectivity index (χ4n) is 3.22. The lowest BCUT2D eigenvalue weighted by Crippen LogP contribution is -2.57. The average molecular weight is 549 g/mol. The molecule has 1 aromatic carbocycles. The minimum Gasteiger partial charge on any atom is -0.493 e. The van der Waals surface area contributed by atoms with Crippen LogP contribution in [0.1, 0.15) is 30.9 Å². The fourth-order valence-corrected chi connectivity index (χ4v) is 31.0. The highest BCUT2D eigenvalue weighted by atomic mass is 32.8. The van der Waals surface area contributed by atoms with Crippen LogP contribution in [0.25, 0.3) is 0 Å². The minimum atomic E-state index is -4.95. The Morgan fingerprint density at radius 2 is 1.58 bits per heavy atom. The molecule has 0 radical (unpaired) electrons. The standard InChI is InChI=1S/C18H30F2N2O7S3Si/c1-7-22(3)13-21-16-12-15(18(19)20)17(11-14(16)2)29-9-8-10-33(30(4,23)24,31(5,25)26)32(6,27)28/h11-13,18H,7-10H2,1-6H3/b21-13-. The summed E-state index contributed by atoms with van der Waals surface area (Å²) in [5.74, 6) is -0.171. The first-order chi connectivity index (χ1) is 14.9. The molecule has 0 atom stereocenters. The van der Waals surface area contributed by atoms with Gasteiger partial charge >= 0.3 is 5.52 Å². The van der Waals surface area contributed by atoms with Crippen LogP contribution in [0.4, 0.5) is 14.5 Å². The number of alkyl halides is 2. The summed E-state index contributed by atoms with van der Waals surface area (Å²) in [6.07, 6.45) is 0.114. The third kappa shape index (κ3) is 6.73. The second kappa shape index (κ2) is 10.8. The van der Waals surface area contributed by atoms with E-state index in [1.807, 2.05) is 6.92 Å². The van der Waals surface area contributed by atoms with E-state index >= 15 is 0 Å². The van der Waals surface area contributed by atoms with Crippen LogP contribution in [-0.2, 0) is 27.9 Å². The largest absolute Gasteiger partial charge is 0.493 e. The maximum Gasteiger partial charge on any atom is 0.452 e. The predicted octanol–water partition coefficient (Wildman–Crippen LogP) is 2.39. The number of nitrogens with zero attached hydrogens (tertiary/aromatic N) is 2. The molecular weight excluding hydrogens is 518 g/mol. The molecule has 190 valence electrons. The number of rotatable bonds is 12. The van der Waals surface area contributed by atoms with Crippen LogP contribution in [0, 0.1) is 6.92 Å². The topological polar surface area (TPSA) is 127 Å². The molecule has 9 nitrogen and oxygen atoms in total. The Bertz CT molecular complexity index is 1120. The molecule has 33 heavy (non-hydrogen) atoms. The second-order valence-electron chi connectivity index (χ2n) is 7.75. The molecule has 0 fully saturated rings. The van der Waals surface area contributed by atoms with Crippen molar-refractivity contribution in [2.24, 2.45) is 4.99 Å². The molecule has 0 aliphatic rings. The molecule has 1 aromatic rings. The molecule has 0 aliphatic carbocycles.